The molecule has 0 aliphatic rings. The monoisotopic (exact) mass is 393 g/mol. The van der Waals surface area contributed by atoms with Crippen LogP contribution in [0.5, 0.6) is 17.2 Å². The van der Waals surface area contributed by atoms with E-state index in [9.17, 15) is 9.59 Å². The highest BCUT2D eigenvalue weighted by Crippen LogP contribution is 2.30. The van der Waals surface area contributed by atoms with Crippen LogP contribution in [0.3, 0.4) is 0 Å². The number of hydrogen-bond acceptors (Lipinski definition) is 6. The van der Waals surface area contributed by atoms with E-state index >= 15 is 0 Å². The SMILES string of the molecule is COc1ccc(NC(=O)C(C)OC(=O)c2cc(Cl)ccc2OC)cc1OC. The van der Waals surface area contributed by atoms with Crippen LogP contribution in [0, 0.1) is 0 Å². The lowest BCUT2D eigenvalue weighted by Crippen LogP contribution is -2.30. The Kier molecular flexibility index (Phi) is 6.90. The lowest BCUT2D eigenvalue weighted by Gasteiger charge is -2.16. The first-order chi connectivity index (χ1) is 12.9. The molecule has 0 aromatic heterocycles. The zero-order valence-corrected chi connectivity index (χ0v) is 16.1. The number of amides is 1. The Bertz CT molecular complexity index is 839. The number of carbonyl (C=O) groups is 2. The molecule has 7 nitrogen and oxygen atoms in total. The zero-order chi connectivity index (χ0) is 20.0. The highest BCUT2D eigenvalue weighted by atomic mass is 35.5. The van der Waals surface area contributed by atoms with Gasteiger partial charge in [0.15, 0.2) is 17.6 Å². The third-order valence-corrected chi connectivity index (χ3v) is 3.92. The van der Waals surface area contributed by atoms with Gasteiger partial charge in [0.05, 0.1) is 21.3 Å². The lowest BCUT2D eigenvalue weighted by molar-refractivity contribution is -0.123. The fourth-order valence-corrected chi connectivity index (χ4v) is 2.45. The number of nitrogens with one attached hydrogen (secondary N) is 1. The van der Waals surface area contributed by atoms with E-state index in [0.29, 0.717) is 28.0 Å². The predicted molar refractivity (Wildman–Crippen MR) is 101 cm³/mol. The summed E-state index contributed by atoms with van der Waals surface area (Å²) in [4.78, 5) is 24.7. The second-order valence-corrected chi connectivity index (χ2v) is 5.89. The van der Waals surface area contributed by atoms with Gasteiger partial charge in [0.2, 0.25) is 0 Å². The molecule has 144 valence electrons. The van der Waals surface area contributed by atoms with Crippen LogP contribution in [0.1, 0.15) is 17.3 Å². The molecular formula is C19H20ClNO6. The van der Waals surface area contributed by atoms with Gasteiger partial charge in [-0.25, -0.2) is 4.79 Å². The van der Waals surface area contributed by atoms with Gasteiger partial charge in [0, 0.05) is 16.8 Å². The van der Waals surface area contributed by atoms with Crippen molar-refractivity contribution in [2.24, 2.45) is 0 Å². The third kappa shape index (κ3) is 5.04. The molecule has 0 spiro atoms. The first kappa shape index (κ1) is 20.4. The standard InChI is InChI=1S/C19H20ClNO6/c1-11(27-19(23)14-9-12(20)5-7-15(14)24-2)18(22)21-13-6-8-16(25-3)17(10-13)26-4/h5-11H,1-4H3,(H,21,22). The van der Waals surface area contributed by atoms with Gasteiger partial charge in [-0.05, 0) is 37.3 Å². The molecule has 8 heteroatoms. The molecule has 0 saturated carbocycles. The highest BCUT2D eigenvalue weighted by Gasteiger charge is 2.22. The van der Waals surface area contributed by atoms with Crippen molar-refractivity contribution in [2.45, 2.75) is 13.0 Å². The molecule has 1 N–H and O–H groups in total. The van der Waals surface area contributed by atoms with Gasteiger partial charge in [-0.15, -0.1) is 0 Å². The summed E-state index contributed by atoms with van der Waals surface area (Å²) in [6.07, 6.45) is -1.05. The van der Waals surface area contributed by atoms with E-state index in [0.717, 1.165) is 0 Å². The summed E-state index contributed by atoms with van der Waals surface area (Å²) in [6.45, 7) is 1.46. The van der Waals surface area contributed by atoms with Gasteiger partial charge in [-0.1, -0.05) is 11.6 Å². The van der Waals surface area contributed by atoms with Gasteiger partial charge in [-0.3, -0.25) is 4.79 Å². The van der Waals surface area contributed by atoms with Crippen molar-refractivity contribution < 1.29 is 28.5 Å². The second-order valence-electron chi connectivity index (χ2n) is 5.45. The van der Waals surface area contributed by atoms with Crippen LogP contribution >= 0.6 is 11.6 Å². The molecule has 0 radical (unpaired) electrons. The van der Waals surface area contributed by atoms with E-state index in [1.54, 1.807) is 30.3 Å². The molecule has 0 saturated heterocycles. The fourth-order valence-electron chi connectivity index (χ4n) is 2.28. The third-order valence-electron chi connectivity index (χ3n) is 3.69. The maximum Gasteiger partial charge on any atom is 0.342 e. The number of hydrogen-bond donors (Lipinski definition) is 1. The summed E-state index contributed by atoms with van der Waals surface area (Å²) in [5.74, 6) is 0.0735. The molecule has 0 aliphatic heterocycles. The van der Waals surface area contributed by atoms with Crippen LogP contribution < -0.4 is 19.5 Å². The predicted octanol–water partition coefficient (Wildman–Crippen LogP) is 3.55. The Morgan fingerprint density at radius 1 is 0.926 bits per heavy atom. The topological polar surface area (TPSA) is 83.1 Å². The minimum absolute atomic E-state index is 0.135. The summed E-state index contributed by atoms with van der Waals surface area (Å²) in [5, 5.41) is 3.01. The molecule has 0 heterocycles. The van der Waals surface area contributed by atoms with Crippen molar-refractivity contribution in [1.29, 1.82) is 0 Å². The number of anilines is 1. The normalized spacial score (nSPS) is 11.3. The number of esters is 1. The van der Waals surface area contributed by atoms with E-state index in [1.807, 2.05) is 0 Å². The number of carbonyl (C=O) groups excluding carboxylic acids is 2. The molecule has 0 fully saturated rings. The van der Waals surface area contributed by atoms with Crippen LogP contribution in [-0.4, -0.2) is 39.3 Å². The van der Waals surface area contributed by atoms with E-state index in [-0.39, 0.29) is 5.56 Å². The van der Waals surface area contributed by atoms with Crippen LogP contribution in [0.15, 0.2) is 36.4 Å². The van der Waals surface area contributed by atoms with Crippen molar-refractivity contribution >= 4 is 29.2 Å². The number of ether oxygens (including phenoxy) is 4. The molecule has 27 heavy (non-hydrogen) atoms. The van der Waals surface area contributed by atoms with Crippen LogP contribution in [0.25, 0.3) is 0 Å². The Balaban J connectivity index is 2.07. The maximum absolute atomic E-state index is 12.4. The number of rotatable bonds is 7. The minimum atomic E-state index is -1.05. The molecule has 0 aliphatic carbocycles. The van der Waals surface area contributed by atoms with Crippen molar-refractivity contribution in [3.05, 3.63) is 47.0 Å². The summed E-state index contributed by atoms with van der Waals surface area (Å²) < 4.78 is 20.7. The Morgan fingerprint density at radius 2 is 1.56 bits per heavy atom. The average molecular weight is 394 g/mol. The number of halogens is 1. The molecule has 1 unspecified atom stereocenters. The fraction of sp³-hybridized carbons (Fsp3) is 0.263. The summed E-state index contributed by atoms with van der Waals surface area (Å²) in [6, 6.07) is 9.46. The highest BCUT2D eigenvalue weighted by molar-refractivity contribution is 6.31. The first-order valence-corrected chi connectivity index (χ1v) is 8.34. The average Bonchev–Trinajstić information content (AvgIpc) is 2.67. The molecule has 1 amide bonds. The largest absolute Gasteiger partial charge is 0.496 e. The van der Waals surface area contributed by atoms with E-state index in [4.69, 9.17) is 30.5 Å². The summed E-state index contributed by atoms with van der Waals surface area (Å²) >= 11 is 5.91. The van der Waals surface area contributed by atoms with Gasteiger partial charge in [0.1, 0.15) is 11.3 Å². The van der Waals surface area contributed by atoms with Gasteiger partial charge < -0.3 is 24.3 Å². The molecule has 2 rings (SSSR count). The summed E-state index contributed by atoms with van der Waals surface area (Å²) in [5.41, 5.74) is 0.608. The van der Waals surface area contributed by atoms with Crippen molar-refractivity contribution in [3.63, 3.8) is 0 Å². The van der Waals surface area contributed by atoms with Crippen LogP contribution in [0.4, 0.5) is 5.69 Å². The second kappa shape index (κ2) is 9.14. The molecule has 2 aromatic rings. The molecule has 2 aromatic carbocycles. The Labute approximate surface area is 162 Å². The van der Waals surface area contributed by atoms with Crippen molar-refractivity contribution in [3.8, 4) is 17.2 Å². The van der Waals surface area contributed by atoms with Gasteiger partial charge in [0.25, 0.3) is 5.91 Å². The van der Waals surface area contributed by atoms with Crippen molar-refractivity contribution in [1.82, 2.24) is 0 Å². The number of methoxy groups -OCH3 is 3. The van der Waals surface area contributed by atoms with Gasteiger partial charge in [-0.2, -0.15) is 0 Å². The van der Waals surface area contributed by atoms with Crippen molar-refractivity contribution in [2.75, 3.05) is 26.6 Å². The zero-order valence-electron chi connectivity index (χ0n) is 15.4. The van der Waals surface area contributed by atoms with Crippen LogP contribution in [0.2, 0.25) is 5.02 Å². The smallest absolute Gasteiger partial charge is 0.342 e. The minimum Gasteiger partial charge on any atom is -0.496 e. The lowest BCUT2D eigenvalue weighted by atomic mass is 10.2. The van der Waals surface area contributed by atoms with Gasteiger partial charge >= 0.3 is 5.97 Å². The molecular weight excluding hydrogens is 374 g/mol. The van der Waals surface area contributed by atoms with E-state index in [2.05, 4.69) is 5.32 Å². The van der Waals surface area contributed by atoms with E-state index in [1.165, 1.54) is 34.3 Å². The Morgan fingerprint density at radius 3 is 2.19 bits per heavy atom. The van der Waals surface area contributed by atoms with E-state index < -0.39 is 18.0 Å². The molecule has 0 bridgehead atoms. The van der Waals surface area contributed by atoms with Crippen LogP contribution in [-0.2, 0) is 9.53 Å². The maximum atomic E-state index is 12.4. The Hall–Kier alpha value is -2.93. The quantitative estimate of drug-likeness (QED) is 0.724. The molecule has 1 atom stereocenters. The first-order valence-electron chi connectivity index (χ1n) is 7.97. The summed E-state index contributed by atoms with van der Waals surface area (Å²) in [7, 11) is 4.43. The number of benzene rings is 2.